The highest BCUT2D eigenvalue weighted by molar-refractivity contribution is 4.62. The van der Waals surface area contributed by atoms with Crippen LogP contribution < -0.4 is 10.6 Å². The highest BCUT2D eigenvalue weighted by atomic mass is 19.4. The van der Waals surface area contributed by atoms with Crippen molar-refractivity contribution in [2.45, 2.75) is 12.6 Å². The van der Waals surface area contributed by atoms with E-state index in [2.05, 4.69) is 0 Å². The van der Waals surface area contributed by atoms with Gasteiger partial charge in [0, 0.05) is 0 Å². The van der Waals surface area contributed by atoms with E-state index in [1.165, 1.54) is 0 Å². The molecule has 2 N–H and O–H groups in total. The Kier molecular flexibility index (Phi) is 3.12. The summed E-state index contributed by atoms with van der Waals surface area (Å²) in [5.41, 5.74) is 0. The van der Waals surface area contributed by atoms with Gasteiger partial charge < -0.3 is 0 Å². The first-order chi connectivity index (χ1) is 4.71. The quantitative estimate of drug-likeness (QED) is 0.496. The van der Waals surface area contributed by atoms with Gasteiger partial charge in [-0.2, -0.15) is 26.3 Å². The van der Waals surface area contributed by atoms with E-state index in [-0.39, 0.29) is 6.67 Å². The van der Waals surface area contributed by atoms with Crippen molar-refractivity contribution in [2.75, 3.05) is 0 Å². The maximum atomic E-state index is 11.1. The van der Waals surface area contributed by atoms with Crippen molar-refractivity contribution < 1.29 is 26.3 Å². The van der Waals surface area contributed by atoms with Crippen molar-refractivity contribution in [3.8, 4) is 0 Å². The Morgan fingerprint density at radius 2 is 1.00 bits per heavy atom. The minimum Gasteiger partial charge on any atom is -0.209 e. The van der Waals surface area contributed by atoms with Crippen LogP contribution in [0.15, 0.2) is 0 Å². The molecule has 0 aliphatic rings. The lowest BCUT2D eigenvalue weighted by Crippen LogP contribution is -2.40. The average molecular weight is 181 g/mol. The van der Waals surface area contributed by atoms with Gasteiger partial charge in [-0.1, -0.05) is 0 Å². The number of hydrogen-bond acceptors (Lipinski definition) is 2. The van der Waals surface area contributed by atoms with Crippen LogP contribution in [-0.2, 0) is 0 Å². The normalized spacial score (nSPS) is 13.6. The molecule has 11 heavy (non-hydrogen) atoms. The third-order valence-electron chi connectivity index (χ3n) is 0.472. The Labute approximate surface area is 57.6 Å². The van der Waals surface area contributed by atoms with Crippen LogP contribution in [0.5, 0.6) is 0 Å². The minimum absolute atomic E-state index is 0.333. The molecule has 0 amide bonds. The van der Waals surface area contributed by atoms with Crippen LogP contribution in [0, 0.1) is 6.67 Å². The molecule has 0 atom stereocenters. The molecule has 0 unspecified atom stereocenters. The summed E-state index contributed by atoms with van der Waals surface area (Å²) in [6, 6.07) is 0. The van der Waals surface area contributed by atoms with Crippen molar-refractivity contribution in [2.24, 2.45) is 0 Å². The molecule has 8 heteroatoms. The Morgan fingerprint density at radius 3 is 1.18 bits per heavy atom. The third-order valence-corrected chi connectivity index (χ3v) is 0.472. The van der Waals surface area contributed by atoms with Gasteiger partial charge >= 0.3 is 12.6 Å². The van der Waals surface area contributed by atoms with E-state index in [9.17, 15) is 26.3 Å². The fourth-order valence-corrected chi connectivity index (χ4v) is 0.200. The van der Waals surface area contributed by atoms with E-state index in [0.717, 1.165) is 0 Å². The summed E-state index contributed by atoms with van der Waals surface area (Å²) >= 11 is 0. The summed E-state index contributed by atoms with van der Waals surface area (Å²) in [7, 11) is 0. The van der Waals surface area contributed by atoms with E-state index in [1.807, 2.05) is 0 Å². The van der Waals surface area contributed by atoms with E-state index in [4.69, 9.17) is 0 Å². The average Bonchev–Trinajstić information content (AvgIpc) is 1.55. The van der Waals surface area contributed by atoms with Gasteiger partial charge in [0.25, 0.3) is 0 Å². The lowest BCUT2D eigenvalue weighted by atomic mass is 10.9. The van der Waals surface area contributed by atoms with Crippen LogP contribution in [0.3, 0.4) is 0 Å². The zero-order valence-corrected chi connectivity index (χ0v) is 4.85. The molecular formula is C3H3F6N2. The number of rotatable bonds is 2. The number of halogens is 6. The molecule has 0 heterocycles. The number of nitrogens with one attached hydrogen (secondary N) is 2. The van der Waals surface area contributed by atoms with Crippen molar-refractivity contribution in [3.63, 3.8) is 0 Å². The number of hydrogen-bond donors (Lipinski definition) is 2. The van der Waals surface area contributed by atoms with Crippen LogP contribution in [0.2, 0.25) is 0 Å². The monoisotopic (exact) mass is 181 g/mol. The Hall–Kier alpha value is -0.500. The molecule has 2 nitrogen and oxygen atoms in total. The molecule has 0 aliphatic carbocycles. The van der Waals surface area contributed by atoms with Gasteiger partial charge in [0.15, 0.2) is 0 Å². The summed E-state index contributed by atoms with van der Waals surface area (Å²) in [4.78, 5) is 0. The van der Waals surface area contributed by atoms with E-state index in [0.29, 0.717) is 10.6 Å². The zero-order chi connectivity index (χ0) is 9.12. The first-order valence-corrected chi connectivity index (χ1v) is 2.21. The summed E-state index contributed by atoms with van der Waals surface area (Å²) in [6.07, 6.45) is -9.70. The van der Waals surface area contributed by atoms with Gasteiger partial charge in [0.05, 0.1) is 0 Å². The maximum Gasteiger partial charge on any atom is 0.458 e. The Morgan fingerprint density at radius 1 is 0.727 bits per heavy atom. The fourth-order valence-electron chi connectivity index (χ4n) is 0.200. The summed E-state index contributed by atoms with van der Waals surface area (Å²) < 4.78 is 66.5. The van der Waals surface area contributed by atoms with Crippen molar-refractivity contribution in [1.82, 2.24) is 10.6 Å². The first kappa shape index (κ1) is 10.5. The highest BCUT2D eigenvalue weighted by Gasteiger charge is 2.31. The van der Waals surface area contributed by atoms with Crippen molar-refractivity contribution >= 4 is 0 Å². The standard InChI is InChI=1S/C3H3F6N2/c4-2(5,6)10-1-11-3(7,8)9/h1,10-11H. The summed E-state index contributed by atoms with van der Waals surface area (Å²) in [5.74, 6) is 0. The Balaban J connectivity index is 3.44. The highest BCUT2D eigenvalue weighted by Crippen LogP contribution is 2.12. The molecule has 0 spiro atoms. The first-order valence-electron chi connectivity index (χ1n) is 2.21. The van der Waals surface area contributed by atoms with Gasteiger partial charge in [-0.15, -0.1) is 0 Å². The SMILES string of the molecule is FC(F)(F)N[CH]NC(F)(F)F. The predicted molar refractivity (Wildman–Crippen MR) is 22.7 cm³/mol. The second kappa shape index (κ2) is 3.26. The smallest absolute Gasteiger partial charge is 0.209 e. The van der Waals surface area contributed by atoms with E-state index < -0.39 is 12.6 Å². The molecule has 0 fully saturated rings. The van der Waals surface area contributed by atoms with Gasteiger partial charge in [-0.05, 0) is 0 Å². The topological polar surface area (TPSA) is 24.1 Å². The van der Waals surface area contributed by atoms with E-state index >= 15 is 0 Å². The molecule has 0 aromatic carbocycles. The Bertz CT molecular complexity index is 100.0. The summed E-state index contributed by atoms with van der Waals surface area (Å²) in [6.45, 7) is -0.333. The predicted octanol–water partition coefficient (Wildman–Crippen LogP) is 1.32. The van der Waals surface area contributed by atoms with Gasteiger partial charge in [-0.25, -0.2) is 10.6 Å². The maximum absolute atomic E-state index is 11.1. The second-order valence-corrected chi connectivity index (χ2v) is 1.43. The van der Waals surface area contributed by atoms with E-state index in [1.54, 1.807) is 0 Å². The van der Waals surface area contributed by atoms with Gasteiger partial charge in [-0.3, -0.25) is 0 Å². The van der Waals surface area contributed by atoms with Gasteiger partial charge in [0.2, 0.25) is 0 Å². The largest absolute Gasteiger partial charge is 0.458 e. The van der Waals surface area contributed by atoms with Gasteiger partial charge in [0.1, 0.15) is 6.67 Å². The minimum atomic E-state index is -4.85. The van der Waals surface area contributed by atoms with Crippen LogP contribution >= 0.6 is 0 Å². The zero-order valence-electron chi connectivity index (χ0n) is 4.85. The molecule has 0 rings (SSSR count). The fraction of sp³-hybridized carbons (Fsp3) is 0.667. The van der Waals surface area contributed by atoms with Crippen molar-refractivity contribution in [3.05, 3.63) is 6.67 Å². The molecule has 0 aromatic heterocycles. The molecule has 0 aliphatic heterocycles. The third kappa shape index (κ3) is 9.50. The van der Waals surface area contributed by atoms with Crippen LogP contribution in [0.1, 0.15) is 0 Å². The molecule has 1 radical (unpaired) electrons. The molecular weight excluding hydrogens is 178 g/mol. The number of alkyl halides is 6. The van der Waals surface area contributed by atoms with Crippen LogP contribution in [0.25, 0.3) is 0 Å². The lowest BCUT2D eigenvalue weighted by Gasteiger charge is -2.10. The lowest BCUT2D eigenvalue weighted by molar-refractivity contribution is -0.172. The molecule has 0 bridgehead atoms. The van der Waals surface area contributed by atoms with Crippen molar-refractivity contribution in [1.29, 1.82) is 0 Å². The van der Waals surface area contributed by atoms with Crippen LogP contribution in [-0.4, -0.2) is 12.6 Å². The molecule has 0 aromatic rings. The van der Waals surface area contributed by atoms with Crippen LogP contribution in [0.4, 0.5) is 26.3 Å². The molecule has 0 saturated heterocycles. The second-order valence-electron chi connectivity index (χ2n) is 1.43. The molecule has 0 saturated carbocycles. The summed E-state index contributed by atoms with van der Waals surface area (Å²) in [5, 5.41) is 1.04. The molecule has 67 valence electrons.